The van der Waals surface area contributed by atoms with Crippen molar-refractivity contribution < 1.29 is 0 Å². The Kier molecular flexibility index (Phi) is 5.27. The summed E-state index contributed by atoms with van der Waals surface area (Å²) >= 11 is 0. The Morgan fingerprint density at radius 1 is 1.27 bits per heavy atom. The van der Waals surface area contributed by atoms with Crippen LogP contribution in [0.5, 0.6) is 0 Å². The first-order valence-electron chi connectivity index (χ1n) is 4.38. The maximum absolute atomic E-state index is 3.91. The molecule has 0 spiro atoms. The molecule has 0 heteroatoms. The SMILES string of the molecule is [CH2]C=CC(C)C(C)C(C)C[CH2]. The fourth-order valence-electron chi connectivity index (χ4n) is 1.17. The van der Waals surface area contributed by atoms with Crippen LogP contribution in [0.4, 0.5) is 0 Å². The predicted octanol–water partition coefficient (Wildman–Crippen LogP) is 3.51. The number of allylic oxidation sites excluding steroid dienone is 2. The second-order valence-electron chi connectivity index (χ2n) is 3.41. The first kappa shape index (κ1) is 10.7. The van der Waals surface area contributed by atoms with Gasteiger partial charge in [0.05, 0.1) is 0 Å². The molecule has 0 fully saturated rings. The highest BCUT2D eigenvalue weighted by atomic mass is 14.2. The molecule has 0 saturated heterocycles. The van der Waals surface area contributed by atoms with Crippen molar-refractivity contribution in [3.8, 4) is 0 Å². The van der Waals surface area contributed by atoms with Crippen LogP contribution in [0.1, 0.15) is 27.2 Å². The van der Waals surface area contributed by atoms with Gasteiger partial charge >= 0.3 is 0 Å². The van der Waals surface area contributed by atoms with E-state index in [1.54, 1.807) is 0 Å². The highest BCUT2D eigenvalue weighted by Crippen LogP contribution is 2.23. The third-order valence-electron chi connectivity index (χ3n) is 2.62. The average Bonchev–Trinajstić information content (AvgIpc) is 2.02. The molecule has 0 amide bonds. The molecule has 0 aliphatic carbocycles. The molecule has 0 aliphatic heterocycles. The molecular formula is C11H20. The molecule has 0 aromatic heterocycles. The van der Waals surface area contributed by atoms with Crippen LogP contribution in [0.2, 0.25) is 0 Å². The molecule has 3 unspecified atom stereocenters. The molecule has 2 radical (unpaired) electrons. The van der Waals surface area contributed by atoms with Gasteiger partial charge in [0.25, 0.3) is 0 Å². The van der Waals surface area contributed by atoms with Crippen molar-refractivity contribution in [1.29, 1.82) is 0 Å². The van der Waals surface area contributed by atoms with Crippen molar-refractivity contribution in [2.24, 2.45) is 17.8 Å². The monoisotopic (exact) mass is 152 g/mol. The predicted molar refractivity (Wildman–Crippen MR) is 52.0 cm³/mol. The van der Waals surface area contributed by atoms with Gasteiger partial charge in [0, 0.05) is 0 Å². The van der Waals surface area contributed by atoms with E-state index in [0.29, 0.717) is 17.8 Å². The molecule has 0 rings (SSSR count). The Balaban J connectivity index is 3.90. The minimum atomic E-state index is 0.629. The topological polar surface area (TPSA) is 0 Å². The van der Waals surface area contributed by atoms with E-state index in [1.165, 1.54) is 0 Å². The Labute approximate surface area is 71.7 Å². The van der Waals surface area contributed by atoms with E-state index in [9.17, 15) is 0 Å². The molecule has 0 bridgehead atoms. The summed E-state index contributed by atoms with van der Waals surface area (Å²) in [5, 5.41) is 0. The summed E-state index contributed by atoms with van der Waals surface area (Å²) in [6, 6.07) is 0. The molecule has 0 aromatic carbocycles. The van der Waals surface area contributed by atoms with Gasteiger partial charge in [0.15, 0.2) is 0 Å². The molecule has 0 heterocycles. The van der Waals surface area contributed by atoms with Gasteiger partial charge < -0.3 is 0 Å². The average molecular weight is 152 g/mol. The minimum absolute atomic E-state index is 0.629. The highest BCUT2D eigenvalue weighted by Gasteiger charge is 2.14. The summed E-state index contributed by atoms with van der Waals surface area (Å²) in [6.45, 7) is 14.4. The second kappa shape index (κ2) is 5.40. The van der Waals surface area contributed by atoms with E-state index in [0.717, 1.165) is 6.42 Å². The van der Waals surface area contributed by atoms with Gasteiger partial charge in [0.1, 0.15) is 0 Å². The van der Waals surface area contributed by atoms with Crippen LogP contribution < -0.4 is 0 Å². The Morgan fingerprint density at radius 2 is 1.82 bits per heavy atom. The van der Waals surface area contributed by atoms with Crippen LogP contribution in [0.25, 0.3) is 0 Å². The summed E-state index contributed by atoms with van der Waals surface area (Å²) in [4.78, 5) is 0. The second-order valence-corrected chi connectivity index (χ2v) is 3.41. The van der Waals surface area contributed by atoms with Crippen LogP contribution in [-0.4, -0.2) is 0 Å². The maximum atomic E-state index is 3.91. The van der Waals surface area contributed by atoms with E-state index in [-0.39, 0.29) is 0 Å². The molecular weight excluding hydrogens is 132 g/mol. The van der Waals surface area contributed by atoms with E-state index < -0.39 is 0 Å². The van der Waals surface area contributed by atoms with Crippen molar-refractivity contribution in [2.75, 3.05) is 0 Å². The highest BCUT2D eigenvalue weighted by molar-refractivity contribution is 4.91. The Morgan fingerprint density at radius 3 is 2.18 bits per heavy atom. The zero-order chi connectivity index (χ0) is 8.85. The van der Waals surface area contributed by atoms with Crippen LogP contribution >= 0.6 is 0 Å². The first-order chi connectivity index (χ1) is 5.13. The summed E-state index contributed by atoms with van der Waals surface area (Å²) in [5.41, 5.74) is 0. The number of hydrogen-bond acceptors (Lipinski definition) is 0. The fraction of sp³-hybridized carbons (Fsp3) is 0.636. The molecule has 0 aromatic rings. The van der Waals surface area contributed by atoms with E-state index in [4.69, 9.17) is 0 Å². The Hall–Kier alpha value is -0.260. The third kappa shape index (κ3) is 3.60. The van der Waals surface area contributed by atoms with Crippen molar-refractivity contribution in [2.45, 2.75) is 27.2 Å². The van der Waals surface area contributed by atoms with Gasteiger partial charge in [-0.05, 0) is 24.7 Å². The summed E-state index contributed by atoms with van der Waals surface area (Å²) in [6.07, 6.45) is 5.07. The zero-order valence-corrected chi connectivity index (χ0v) is 8.01. The fourth-order valence-corrected chi connectivity index (χ4v) is 1.17. The lowest BCUT2D eigenvalue weighted by atomic mass is 9.83. The molecule has 0 saturated carbocycles. The van der Waals surface area contributed by atoms with Crippen LogP contribution in [0.15, 0.2) is 12.2 Å². The lowest BCUT2D eigenvalue weighted by Gasteiger charge is -2.22. The zero-order valence-electron chi connectivity index (χ0n) is 8.01. The van der Waals surface area contributed by atoms with Gasteiger partial charge in [-0.3, -0.25) is 0 Å². The van der Waals surface area contributed by atoms with Crippen molar-refractivity contribution in [1.82, 2.24) is 0 Å². The maximum Gasteiger partial charge on any atom is -0.0234 e. The third-order valence-corrected chi connectivity index (χ3v) is 2.62. The molecule has 0 aliphatic rings. The van der Waals surface area contributed by atoms with E-state index in [2.05, 4.69) is 40.7 Å². The Bertz CT molecular complexity index is 113. The van der Waals surface area contributed by atoms with Crippen LogP contribution in [0, 0.1) is 31.6 Å². The largest absolute Gasteiger partial charge is 0.0880 e. The lowest BCUT2D eigenvalue weighted by molar-refractivity contribution is 0.321. The standard InChI is InChI=1S/C11H20/c1-6-8-10(4)11(5)9(3)7-2/h6,8-11H,1-2,7H2,3-5H3. The van der Waals surface area contributed by atoms with Gasteiger partial charge in [0.2, 0.25) is 0 Å². The van der Waals surface area contributed by atoms with Gasteiger partial charge in [-0.1, -0.05) is 46.3 Å². The van der Waals surface area contributed by atoms with Gasteiger partial charge in [-0.15, -0.1) is 0 Å². The summed E-state index contributed by atoms with van der Waals surface area (Å²) < 4.78 is 0. The van der Waals surface area contributed by atoms with Gasteiger partial charge in [-0.2, -0.15) is 0 Å². The summed E-state index contributed by atoms with van der Waals surface area (Å²) in [7, 11) is 0. The minimum Gasteiger partial charge on any atom is -0.0880 e. The number of rotatable bonds is 4. The molecule has 11 heavy (non-hydrogen) atoms. The van der Waals surface area contributed by atoms with Crippen LogP contribution in [-0.2, 0) is 0 Å². The molecule has 0 nitrogen and oxygen atoms in total. The van der Waals surface area contributed by atoms with Crippen molar-refractivity contribution >= 4 is 0 Å². The number of hydrogen-bond donors (Lipinski definition) is 0. The molecule has 3 atom stereocenters. The molecule has 64 valence electrons. The molecule has 0 N–H and O–H groups in total. The smallest absolute Gasteiger partial charge is 0.0234 e. The van der Waals surface area contributed by atoms with Gasteiger partial charge in [-0.25, -0.2) is 0 Å². The van der Waals surface area contributed by atoms with Crippen LogP contribution in [0.3, 0.4) is 0 Å². The lowest BCUT2D eigenvalue weighted by Crippen LogP contribution is -2.14. The quantitative estimate of drug-likeness (QED) is 0.578. The van der Waals surface area contributed by atoms with E-state index in [1.807, 2.05) is 6.08 Å². The van der Waals surface area contributed by atoms with E-state index >= 15 is 0 Å². The summed E-state index contributed by atoms with van der Waals surface area (Å²) in [5.74, 6) is 2.05. The first-order valence-corrected chi connectivity index (χ1v) is 4.38. The normalized spacial score (nSPS) is 20.1. The van der Waals surface area contributed by atoms with Crippen molar-refractivity contribution in [3.05, 3.63) is 26.0 Å². The van der Waals surface area contributed by atoms with Crippen molar-refractivity contribution in [3.63, 3.8) is 0 Å².